The van der Waals surface area contributed by atoms with E-state index in [9.17, 15) is 9.50 Å². The zero-order chi connectivity index (χ0) is 14.8. The number of likely N-dealkylation sites (tertiary alicyclic amines) is 1. The molecule has 2 aliphatic rings. The van der Waals surface area contributed by atoms with E-state index in [0.717, 1.165) is 18.5 Å². The van der Waals surface area contributed by atoms with Gasteiger partial charge in [-0.2, -0.15) is 0 Å². The number of nitrogens with zero attached hydrogens (tertiary/aromatic N) is 1. The summed E-state index contributed by atoms with van der Waals surface area (Å²) in [6, 6.07) is 5.81. The van der Waals surface area contributed by atoms with Crippen molar-refractivity contribution >= 4 is 0 Å². The Bertz CT molecular complexity index is 490. The quantitative estimate of drug-likeness (QED) is 0.911. The minimum atomic E-state index is -0.553. The molecule has 3 unspecified atom stereocenters. The Morgan fingerprint density at radius 2 is 2.10 bits per heavy atom. The van der Waals surface area contributed by atoms with Crippen molar-refractivity contribution in [2.45, 2.75) is 57.6 Å². The monoisotopic (exact) mass is 291 g/mol. The maximum Gasteiger partial charge on any atom is 0.126 e. The molecule has 0 radical (unpaired) electrons. The minimum absolute atomic E-state index is 0.222. The average molecular weight is 291 g/mol. The molecule has 116 valence electrons. The second-order valence-corrected chi connectivity index (χ2v) is 6.75. The summed E-state index contributed by atoms with van der Waals surface area (Å²) in [5.74, 6) is 0.660. The first kappa shape index (κ1) is 15.0. The first-order chi connectivity index (χ1) is 10.1. The first-order valence-corrected chi connectivity index (χ1v) is 8.33. The van der Waals surface area contributed by atoms with E-state index >= 15 is 0 Å². The summed E-state index contributed by atoms with van der Waals surface area (Å²) < 4.78 is 13.6. The van der Waals surface area contributed by atoms with Crippen molar-refractivity contribution in [1.29, 1.82) is 0 Å². The zero-order valence-corrected chi connectivity index (χ0v) is 12.9. The van der Waals surface area contributed by atoms with E-state index < -0.39 is 6.10 Å². The molecule has 1 saturated carbocycles. The Kier molecular flexibility index (Phi) is 4.60. The molecule has 1 aliphatic carbocycles. The molecule has 0 spiro atoms. The lowest BCUT2D eigenvalue weighted by molar-refractivity contribution is 0.123. The maximum absolute atomic E-state index is 13.6. The lowest BCUT2D eigenvalue weighted by Gasteiger charge is -2.32. The molecule has 1 heterocycles. The molecular formula is C18H26FNO. The molecule has 21 heavy (non-hydrogen) atoms. The van der Waals surface area contributed by atoms with Gasteiger partial charge < -0.3 is 5.11 Å². The molecule has 2 nitrogen and oxygen atoms in total. The molecule has 3 atom stereocenters. The summed E-state index contributed by atoms with van der Waals surface area (Å²) in [7, 11) is 0. The van der Waals surface area contributed by atoms with Gasteiger partial charge in [-0.05, 0) is 62.3 Å². The van der Waals surface area contributed by atoms with Crippen molar-refractivity contribution in [3.05, 3.63) is 35.1 Å². The number of benzene rings is 1. The van der Waals surface area contributed by atoms with Crippen LogP contribution in [0.1, 0.15) is 55.8 Å². The van der Waals surface area contributed by atoms with E-state index in [4.69, 9.17) is 0 Å². The third-order valence-corrected chi connectivity index (χ3v) is 5.40. The van der Waals surface area contributed by atoms with E-state index in [0.29, 0.717) is 17.5 Å². The van der Waals surface area contributed by atoms with Crippen LogP contribution in [0.2, 0.25) is 0 Å². The van der Waals surface area contributed by atoms with Gasteiger partial charge in [0.2, 0.25) is 0 Å². The lowest BCUT2D eigenvalue weighted by atomic mass is 9.85. The van der Waals surface area contributed by atoms with Gasteiger partial charge >= 0.3 is 0 Å². The third kappa shape index (κ3) is 3.29. The van der Waals surface area contributed by atoms with Crippen molar-refractivity contribution in [2.75, 3.05) is 13.1 Å². The number of aryl methyl sites for hydroxylation is 1. The highest BCUT2D eigenvalue weighted by Crippen LogP contribution is 2.36. The summed E-state index contributed by atoms with van der Waals surface area (Å²) in [6.07, 6.45) is 6.91. The summed E-state index contributed by atoms with van der Waals surface area (Å²) in [6.45, 7) is 3.85. The molecule has 1 aromatic rings. The molecule has 3 heteroatoms. The highest BCUT2D eigenvalue weighted by Gasteiger charge is 2.35. The van der Waals surface area contributed by atoms with Crippen LogP contribution in [0.25, 0.3) is 0 Å². The molecule has 0 aromatic heterocycles. The second-order valence-electron chi connectivity index (χ2n) is 6.75. The summed E-state index contributed by atoms with van der Waals surface area (Å²) in [5.41, 5.74) is 1.34. The Hall–Kier alpha value is -0.930. The Morgan fingerprint density at radius 1 is 1.29 bits per heavy atom. The van der Waals surface area contributed by atoms with Crippen molar-refractivity contribution in [2.24, 2.45) is 5.92 Å². The average Bonchev–Trinajstić information content (AvgIpc) is 2.91. The van der Waals surface area contributed by atoms with E-state index in [1.165, 1.54) is 44.7 Å². The number of hydrogen-bond donors (Lipinski definition) is 1. The second kappa shape index (κ2) is 6.45. The van der Waals surface area contributed by atoms with Gasteiger partial charge in [0.15, 0.2) is 0 Å². The SMILES string of the molecule is Cc1ccc(C(O)CCN2CCC3CCCCC32)cc1F. The van der Waals surface area contributed by atoms with Crippen molar-refractivity contribution in [1.82, 2.24) is 4.90 Å². The van der Waals surface area contributed by atoms with Gasteiger partial charge in [-0.15, -0.1) is 0 Å². The molecule has 1 aromatic carbocycles. The number of hydrogen-bond acceptors (Lipinski definition) is 2. The predicted octanol–water partition coefficient (Wildman–Crippen LogP) is 3.82. The smallest absolute Gasteiger partial charge is 0.126 e. The fraction of sp³-hybridized carbons (Fsp3) is 0.667. The van der Waals surface area contributed by atoms with E-state index in [-0.39, 0.29) is 5.82 Å². The van der Waals surface area contributed by atoms with Crippen molar-refractivity contribution < 1.29 is 9.50 Å². The van der Waals surface area contributed by atoms with Gasteiger partial charge in [-0.1, -0.05) is 25.0 Å². The minimum Gasteiger partial charge on any atom is -0.388 e. The topological polar surface area (TPSA) is 23.5 Å². The van der Waals surface area contributed by atoms with Gasteiger partial charge in [0, 0.05) is 12.6 Å². The molecule has 1 aliphatic heterocycles. The van der Waals surface area contributed by atoms with Crippen LogP contribution >= 0.6 is 0 Å². The molecule has 1 N–H and O–H groups in total. The summed E-state index contributed by atoms with van der Waals surface area (Å²) in [4.78, 5) is 2.55. The summed E-state index contributed by atoms with van der Waals surface area (Å²) in [5, 5.41) is 10.3. The van der Waals surface area contributed by atoms with Crippen LogP contribution in [0.4, 0.5) is 4.39 Å². The van der Waals surface area contributed by atoms with E-state index in [1.54, 1.807) is 13.0 Å². The Balaban J connectivity index is 1.55. The number of halogens is 1. The highest BCUT2D eigenvalue weighted by atomic mass is 19.1. The van der Waals surface area contributed by atoms with Gasteiger partial charge in [0.05, 0.1) is 6.10 Å². The predicted molar refractivity (Wildman–Crippen MR) is 82.6 cm³/mol. The van der Waals surface area contributed by atoms with Crippen LogP contribution in [-0.4, -0.2) is 29.1 Å². The number of fused-ring (bicyclic) bond motifs is 1. The van der Waals surface area contributed by atoms with Crippen molar-refractivity contribution in [3.8, 4) is 0 Å². The number of aliphatic hydroxyl groups excluding tert-OH is 1. The number of aliphatic hydroxyl groups is 1. The van der Waals surface area contributed by atoms with Crippen LogP contribution in [-0.2, 0) is 0 Å². The van der Waals surface area contributed by atoms with Crippen LogP contribution < -0.4 is 0 Å². The van der Waals surface area contributed by atoms with Gasteiger partial charge in [0.1, 0.15) is 5.82 Å². The molecular weight excluding hydrogens is 265 g/mol. The summed E-state index contributed by atoms with van der Waals surface area (Å²) >= 11 is 0. The molecule has 2 fully saturated rings. The van der Waals surface area contributed by atoms with Gasteiger partial charge in [-0.3, -0.25) is 4.90 Å². The Labute approximate surface area is 127 Å². The standard InChI is InChI=1S/C18H26FNO/c1-13-6-7-15(12-16(13)19)18(21)9-11-20-10-8-14-4-2-3-5-17(14)20/h6-7,12,14,17-18,21H,2-5,8-11H2,1H3. The molecule has 0 bridgehead atoms. The normalized spacial score (nSPS) is 27.6. The van der Waals surface area contributed by atoms with E-state index in [2.05, 4.69) is 4.90 Å². The molecule has 0 amide bonds. The maximum atomic E-state index is 13.6. The fourth-order valence-electron chi connectivity index (χ4n) is 4.05. The zero-order valence-electron chi connectivity index (χ0n) is 12.9. The van der Waals surface area contributed by atoms with Crippen LogP contribution in [0.5, 0.6) is 0 Å². The van der Waals surface area contributed by atoms with Crippen LogP contribution in [0.3, 0.4) is 0 Å². The van der Waals surface area contributed by atoms with Crippen molar-refractivity contribution in [3.63, 3.8) is 0 Å². The largest absolute Gasteiger partial charge is 0.388 e. The molecule has 3 rings (SSSR count). The van der Waals surface area contributed by atoms with Crippen LogP contribution in [0.15, 0.2) is 18.2 Å². The van der Waals surface area contributed by atoms with E-state index in [1.807, 2.05) is 6.07 Å². The van der Waals surface area contributed by atoms with Crippen LogP contribution in [0, 0.1) is 18.7 Å². The lowest BCUT2D eigenvalue weighted by Crippen LogP contribution is -2.35. The van der Waals surface area contributed by atoms with Gasteiger partial charge in [-0.25, -0.2) is 4.39 Å². The fourth-order valence-corrected chi connectivity index (χ4v) is 4.05. The number of rotatable bonds is 4. The third-order valence-electron chi connectivity index (χ3n) is 5.40. The Morgan fingerprint density at radius 3 is 2.90 bits per heavy atom. The highest BCUT2D eigenvalue weighted by molar-refractivity contribution is 5.24. The molecule has 1 saturated heterocycles. The first-order valence-electron chi connectivity index (χ1n) is 8.33. The van der Waals surface area contributed by atoms with Gasteiger partial charge in [0.25, 0.3) is 0 Å².